The summed E-state index contributed by atoms with van der Waals surface area (Å²) in [6.07, 6.45) is 6.99. The van der Waals surface area contributed by atoms with Crippen molar-refractivity contribution in [3.05, 3.63) is 139 Å². The Morgan fingerprint density at radius 3 is 1.53 bits per heavy atom. The molecule has 364 valence electrons. The van der Waals surface area contributed by atoms with Gasteiger partial charge in [-0.2, -0.15) is 0 Å². The number of amides is 4. The summed E-state index contributed by atoms with van der Waals surface area (Å²) >= 11 is 6.74. The van der Waals surface area contributed by atoms with Crippen LogP contribution in [0.4, 0.5) is 0 Å². The average Bonchev–Trinajstić information content (AvgIpc) is 3.98. The van der Waals surface area contributed by atoms with Gasteiger partial charge in [-0.15, -0.1) is 0 Å². The second kappa shape index (κ2) is 26.4. The van der Waals surface area contributed by atoms with E-state index in [1.165, 1.54) is 5.56 Å². The first kappa shape index (κ1) is 52.0. The molecule has 0 saturated carbocycles. The van der Waals surface area contributed by atoms with Crippen LogP contribution in [0.2, 0.25) is 0 Å². The Morgan fingerprint density at radius 2 is 1.09 bits per heavy atom. The molecule has 0 bridgehead atoms. The lowest BCUT2D eigenvalue weighted by atomic mass is 9.97. The molecule has 4 aromatic carbocycles. The number of nitrogens with zero attached hydrogens (tertiary/aromatic N) is 3. The number of carbonyl (C=O) groups excluding carboxylic acids is 7. The lowest BCUT2D eigenvalue weighted by molar-refractivity contribution is -0.137. The van der Waals surface area contributed by atoms with E-state index in [4.69, 9.17) is 2.97 Å². The van der Waals surface area contributed by atoms with Gasteiger partial charge in [-0.1, -0.05) is 87.8 Å². The second-order valence-corrected chi connectivity index (χ2v) is 19.2. The van der Waals surface area contributed by atoms with Gasteiger partial charge in [-0.05, 0) is 117 Å². The zero-order valence-corrected chi connectivity index (χ0v) is 41.4. The maximum Gasteiger partial charge on any atom is 0.251 e. The predicted molar refractivity (Wildman–Crippen MR) is 274 cm³/mol. The van der Waals surface area contributed by atoms with Gasteiger partial charge in [0.15, 0.2) is 11.6 Å². The summed E-state index contributed by atoms with van der Waals surface area (Å²) in [5.74, 6) is -0.00707. The van der Waals surface area contributed by atoms with Crippen molar-refractivity contribution in [2.45, 2.75) is 102 Å². The molecule has 3 N–H and O–H groups in total. The van der Waals surface area contributed by atoms with Gasteiger partial charge in [-0.3, -0.25) is 38.5 Å². The number of benzene rings is 4. The maximum atomic E-state index is 13.2. The summed E-state index contributed by atoms with van der Waals surface area (Å²) in [4.78, 5) is 91.0. The Balaban J connectivity index is 0.000000253. The quantitative estimate of drug-likeness (QED) is 0.114. The molecule has 4 aromatic rings. The van der Waals surface area contributed by atoms with E-state index >= 15 is 0 Å². The molecule has 4 heterocycles. The number of carbonyl (C=O) groups is 7. The van der Waals surface area contributed by atoms with Crippen LogP contribution in [-0.4, -0.2) is 121 Å². The van der Waals surface area contributed by atoms with Gasteiger partial charge in [0.2, 0.25) is 11.8 Å². The fraction of sp³-hybridized carbons (Fsp3) is 0.415. The number of ketones is 2. The van der Waals surface area contributed by atoms with Gasteiger partial charge in [-0.25, -0.2) is 0 Å². The number of halogens is 2. The summed E-state index contributed by atoms with van der Waals surface area (Å²) in [5.41, 5.74) is 4.70. The molecule has 13 nitrogen and oxygen atoms in total. The first-order chi connectivity index (χ1) is 33.4. The number of piperidine rings is 2. The summed E-state index contributed by atoms with van der Waals surface area (Å²) in [7, 11) is 3.17. The number of rotatable bonds is 13. The van der Waals surface area contributed by atoms with Crippen LogP contribution < -0.4 is 16.0 Å². The average molecular weight is 1060 g/mol. The van der Waals surface area contributed by atoms with Crippen molar-refractivity contribution in [2.75, 3.05) is 40.3 Å². The molecule has 15 heteroatoms. The van der Waals surface area contributed by atoms with E-state index in [1.54, 1.807) is 62.6 Å². The van der Waals surface area contributed by atoms with Crippen LogP contribution in [0.5, 0.6) is 0 Å². The van der Waals surface area contributed by atoms with Gasteiger partial charge in [0.05, 0.1) is 12.1 Å². The Hall–Kier alpha value is -5.35. The standard InChI is InChI=1S/C26H30BrN3O3.C19H25N3O3.C7H5BrO.CH4.H2/c1-28-26(33)20-4-2-3-19(15-20)16-24(31)23-9-10-25(32)30(23)22-11-13-29(14-12-22)17-18-5-7-21(27)8-6-18;1-20-19(25)14-4-2-3-13(11-14)12-17(23)16-5-6-18(24)22(16)15-7-9-21-10-8-15;8-7-3-1-6(5-9)2-4-7;;/h2-8,15,22-23H,9-14,16-17H2,1H3,(H,28,33);2-4,11,15-16,21H,5-10,12H2,1H3,(H,20,25);1-5H;1H4;1H/t23-;16-;;;/m11.../s1/i;;;;1+1D. The number of nitrogens with one attached hydrogen (secondary N) is 3. The molecular weight excluding hydrogens is 992 g/mol. The fourth-order valence-corrected chi connectivity index (χ4v) is 9.88. The van der Waals surface area contributed by atoms with E-state index in [-0.39, 0.29) is 79.6 Å². The molecule has 0 spiro atoms. The van der Waals surface area contributed by atoms with Crippen molar-refractivity contribution in [2.24, 2.45) is 0 Å². The molecular formula is C53H66Br2N6O7. The lowest BCUT2D eigenvalue weighted by Crippen LogP contribution is -2.50. The van der Waals surface area contributed by atoms with Crippen molar-refractivity contribution in [3.63, 3.8) is 0 Å². The van der Waals surface area contributed by atoms with E-state index in [2.05, 4.69) is 77.0 Å². The monoisotopic (exact) mass is 1060 g/mol. The third-order valence-corrected chi connectivity index (χ3v) is 13.9. The van der Waals surface area contributed by atoms with Crippen LogP contribution in [-0.2, 0) is 38.6 Å². The normalized spacial score (nSPS) is 18.7. The number of Topliss-reactive ketones (excluding diaryl/α,β-unsaturated/α-hetero) is 2. The van der Waals surface area contributed by atoms with Gasteiger partial charge in [0, 0.05) is 100 Å². The van der Waals surface area contributed by atoms with Gasteiger partial charge in [0.25, 0.3) is 11.8 Å². The fourth-order valence-electron chi connectivity index (χ4n) is 9.35. The zero-order chi connectivity index (χ0) is 49.9. The molecule has 2 atom stereocenters. The largest absolute Gasteiger partial charge is 0.355 e. The minimum absolute atomic E-state index is 0. The van der Waals surface area contributed by atoms with Crippen molar-refractivity contribution in [3.8, 4) is 0 Å². The first-order valence-corrected chi connectivity index (χ1v) is 24.6. The Kier molecular flexibility index (Phi) is 20.2. The van der Waals surface area contributed by atoms with E-state index in [9.17, 15) is 33.6 Å². The van der Waals surface area contributed by atoms with Gasteiger partial charge < -0.3 is 25.8 Å². The zero-order valence-electron chi connectivity index (χ0n) is 40.2. The Labute approximate surface area is 420 Å². The molecule has 0 aromatic heterocycles. The maximum absolute atomic E-state index is 13.2. The third-order valence-electron chi connectivity index (χ3n) is 12.8. The molecule has 4 aliphatic heterocycles. The lowest BCUT2D eigenvalue weighted by Gasteiger charge is -2.39. The van der Waals surface area contributed by atoms with Crippen molar-refractivity contribution in [1.29, 1.82) is 0 Å². The van der Waals surface area contributed by atoms with E-state index in [1.807, 2.05) is 34.1 Å². The Bertz CT molecular complexity index is 2380. The van der Waals surface area contributed by atoms with Crippen LogP contribution in [0.25, 0.3) is 0 Å². The molecule has 0 radical (unpaired) electrons. The van der Waals surface area contributed by atoms with Gasteiger partial charge >= 0.3 is 0 Å². The highest BCUT2D eigenvalue weighted by molar-refractivity contribution is 9.10. The highest BCUT2D eigenvalue weighted by Gasteiger charge is 2.42. The number of hydrogen-bond acceptors (Lipinski definition) is 9. The molecule has 4 fully saturated rings. The molecule has 4 aliphatic rings. The number of likely N-dealkylation sites (tertiary alicyclic amines) is 3. The van der Waals surface area contributed by atoms with Crippen molar-refractivity contribution >= 4 is 73.3 Å². The van der Waals surface area contributed by atoms with E-state index in [0.29, 0.717) is 42.4 Å². The summed E-state index contributed by atoms with van der Waals surface area (Å²) < 4.78 is 12.1. The van der Waals surface area contributed by atoms with Crippen LogP contribution in [0.3, 0.4) is 0 Å². The molecule has 4 amide bonds. The smallest absolute Gasteiger partial charge is 0.251 e. The summed E-state index contributed by atoms with van der Waals surface area (Å²) in [6.45, 7) is 4.52. The molecule has 8 rings (SSSR count). The van der Waals surface area contributed by atoms with Gasteiger partial charge in [0.1, 0.15) is 6.29 Å². The second-order valence-electron chi connectivity index (χ2n) is 17.3. The van der Waals surface area contributed by atoms with Crippen LogP contribution in [0, 0.1) is 0 Å². The summed E-state index contributed by atoms with van der Waals surface area (Å²) in [5, 5.41) is 8.50. The predicted octanol–water partition coefficient (Wildman–Crippen LogP) is 7.62. The highest BCUT2D eigenvalue weighted by atomic mass is 79.9. The molecule has 4 saturated heterocycles. The van der Waals surface area contributed by atoms with E-state index < -0.39 is 0 Å². The first-order valence-electron chi connectivity index (χ1n) is 24.1. The molecule has 0 unspecified atom stereocenters. The van der Waals surface area contributed by atoms with Crippen molar-refractivity contribution in [1.82, 2.24) is 30.7 Å². The SMILES string of the molecule is C.CNC(=O)c1cccc(CC(=O)[C@H]2CCC(=O)N2C2CCN(Cc3ccc(Br)cc3)CC2)c1.CNC(=O)c1cccc(CC(=O)[C@H]2CCC(=O)N2C2CCNCC2)c1.O=Cc1ccc(Br)cc1.[2H][2H]. The number of aldehydes is 1. The minimum atomic E-state index is -0.357. The molecule has 68 heavy (non-hydrogen) atoms. The minimum Gasteiger partial charge on any atom is -0.355 e. The van der Waals surface area contributed by atoms with Crippen molar-refractivity contribution < 1.29 is 36.5 Å². The topological polar surface area (TPSA) is 165 Å². The van der Waals surface area contributed by atoms with E-state index in [0.717, 1.165) is 84.8 Å². The number of hydrogen-bond donors (Lipinski definition) is 3. The molecule has 0 aliphatic carbocycles. The third kappa shape index (κ3) is 14.8. The highest BCUT2D eigenvalue weighted by Crippen LogP contribution is 2.30. The van der Waals surface area contributed by atoms with Crippen LogP contribution in [0.1, 0.15) is 110 Å². The van der Waals surface area contributed by atoms with Crippen LogP contribution >= 0.6 is 31.9 Å². The summed E-state index contributed by atoms with van der Waals surface area (Å²) in [6, 6.07) is 29.5. The Morgan fingerprint density at radius 1 is 0.647 bits per heavy atom. The van der Waals surface area contributed by atoms with Crippen LogP contribution in [0.15, 0.2) is 106 Å².